The first-order valence-corrected chi connectivity index (χ1v) is 7.17. The first-order valence-electron chi connectivity index (χ1n) is 6.79. The highest BCUT2D eigenvalue weighted by molar-refractivity contribution is 6.30. The van der Waals surface area contributed by atoms with Gasteiger partial charge < -0.3 is 5.32 Å². The SMILES string of the molecule is CC1Cc2ccccc2C1NC(=O)c1ccc(Cl)cc1. The maximum Gasteiger partial charge on any atom is 0.251 e. The van der Waals surface area contributed by atoms with Gasteiger partial charge in [-0.1, -0.05) is 42.8 Å². The number of halogens is 1. The molecule has 2 aromatic carbocycles. The van der Waals surface area contributed by atoms with Crippen molar-refractivity contribution in [3.63, 3.8) is 0 Å². The average Bonchev–Trinajstić information content (AvgIpc) is 2.76. The molecule has 3 rings (SSSR count). The van der Waals surface area contributed by atoms with Crippen molar-refractivity contribution in [1.29, 1.82) is 0 Å². The van der Waals surface area contributed by atoms with Crippen LogP contribution in [0.2, 0.25) is 5.02 Å². The summed E-state index contributed by atoms with van der Waals surface area (Å²) in [5.74, 6) is 0.374. The second-order valence-corrected chi connectivity index (χ2v) is 5.77. The third-order valence-electron chi connectivity index (χ3n) is 3.89. The van der Waals surface area contributed by atoms with Crippen molar-refractivity contribution in [3.05, 3.63) is 70.2 Å². The molecule has 0 aromatic heterocycles. The van der Waals surface area contributed by atoms with Crippen molar-refractivity contribution in [1.82, 2.24) is 5.32 Å². The third-order valence-corrected chi connectivity index (χ3v) is 4.15. The molecule has 102 valence electrons. The number of hydrogen-bond acceptors (Lipinski definition) is 1. The number of carbonyl (C=O) groups is 1. The predicted molar refractivity (Wildman–Crippen MR) is 81.0 cm³/mol. The molecule has 1 N–H and O–H groups in total. The van der Waals surface area contributed by atoms with Crippen molar-refractivity contribution < 1.29 is 4.79 Å². The van der Waals surface area contributed by atoms with Gasteiger partial charge in [-0.05, 0) is 47.7 Å². The van der Waals surface area contributed by atoms with Crippen molar-refractivity contribution in [3.8, 4) is 0 Å². The Morgan fingerprint density at radius 1 is 1.15 bits per heavy atom. The van der Waals surface area contributed by atoms with Gasteiger partial charge >= 0.3 is 0 Å². The number of rotatable bonds is 2. The van der Waals surface area contributed by atoms with Gasteiger partial charge in [0.25, 0.3) is 5.91 Å². The Morgan fingerprint density at radius 3 is 2.60 bits per heavy atom. The van der Waals surface area contributed by atoms with Gasteiger partial charge in [-0.3, -0.25) is 4.79 Å². The van der Waals surface area contributed by atoms with Crippen LogP contribution in [0.3, 0.4) is 0 Å². The minimum atomic E-state index is -0.0461. The van der Waals surface area contributed by atoms with Crippen LogP contribution in [0.1, 0.15) is 34.5 Å². The van der Waals surface area contributed by atoms with Crippen LogP contribution >= 0.6 is 11.6 Å². The Labute approximate surface area is 123 Å². The van der Waals surface area contributed by atoms with Crippen LogP contribution in [0.5, 0.6) is 0 Å². The van der Waals surface area contributed by atoms with E-state index in [1.807, 2.05) is 6.07 Å². The predicted octanol–water partition coefficient (Wildman–Crippen LogP) is 4.00. The largest absolute Gasteiger partial charge is 0.345 e. The highest BCUT2D eigenvalue weighted by atomic mass is 35.5. The fraction of sp³-hybridized carbons (Fsp3) is 0.235. The molecule has 2 unspecified atom stereocenters. The van der Waals surface area contributed by atoms with Gasteiger partial charge in [0.2, 0.25) is 0 Å². The van der Waals surface area contributed by atoms with E-state index in [4.69, 9.17) is 11.6 Å². The molecule has 0 aliphatic heterocycles. The van der Waals surface area contributed by atoms with E-state index >= 15 is 0 Å². The Balaban J connectivity index is 1.81. The van der Waals surface area contributed by atoms with Crippen LogP contribution < -0.4 is 5.32 Å². The van der Waals surface area contributed by atoms with Crippen molar-refractivity contribution in [2.75, 3.05) is 0 Å². The average molecular weight is 286 g/mol. The lowest BCUT2D eigenvalue weighted by Crippen LogP contribution is -2.30. The lowest BCUT2D eigenvalue weighted by atomic mass is 10.0. The molecule has 0 saturated carbocycles. The summed E-state index contributed by atoms with van der Waals surface area (Å²) in [7, 11) is 0. The maximum absolute atomic E-state index is 12.3. The summed E-state index contributed by atoms with van der Waals surface area (Å²) in [6.07, 6.45) is 1.02. The summed E-state index contributed by atoms with van der Waals surface area (Å²) in [6, 6.07) is 15.4. The normalized spacial score (nSPS) is 20.5. The highest BCUT2D eigenvalue weighted by Gasteiger charge is 2.30. The summed E-state index contributed by atoms with van der Waals surface area (Å²) in [6.45, 7) is 2.17. The Kier molecular flexibility index (Phi) is 3.49. The fourth-order valence-electron chi connectivity index (χ4n) is 2.84. The van der Waals surface area contributed by atoms with Crippen LogP contribution in [0.15, 0.2) is 48.5 Å². The van der Waals surface area contributed by atoms with Crippen molar-refractivity contribution in [2.45, 2.75) is 19.4 Å². The molecule has 0 radical (unpaired) electrons. The second kappa shape index (κ2) is 5.29. The van der Waals surface area contributed by atoms with Gasteiger partial charge in [-0.25, -0.2) is 0 Å². The van der Waals surface area contributed by atoms with Gasteiger partial charge in [0.15, 0.2) is 0 Å². The number of fused-ring (bicyclic) bond motifs is 1. The molecular weight excluding hydrogens is 270 g/mol. The monoisotopic (exact) mass is 285 g/mol. The molecule has 1 aliphatic carbocycles. The van der Waals surface area contributed by atoms with Crippen LogP contribution in [-0.4, -0.2) is 5.91 Å². The zero-order valence-corrected chi connectivity index (χ0v) is 12.0. The van der Waals surface area contributed by atoms with E-state index in [2.05, 4.69) is 30.4 Å². The first-order chi connectivity index (χ1) is 9.65. The van der Waals surface area contributed by atoms with E-state index in [1.54, 1.807) is 24.3 Å². The van der Waals surface area contributed by atoms with E-state index in [0.717, 1.165) is 6.42 Å². The molecule has 1 amide bonds. The second-order valence-electron chi connectivity index (χ2n) is 5.34. The van der Waals surface area contributed by atoms with Crippen LogP contribution in [-0.2, 0) is 6.42 Å². The molecular formula is C17H16ClNO. The van der Waals surface area contributed by atoms with Gasteiger partial charge in [-0.15, -0.1) is 0 Å². The quantitative estimate of drug-likeness (QED) is 0.888. The Morgan fingerprint density at radius 2 is 1.85 bits per heavy atom. The van der Waals surface area contributed by atoms with E-state index in [9.17, 15) is 4.79 Å². The Hall–Kier alpha value is -1.80. The lowest BCUT2D eigenvalue weighted by Gasteiger charge is -2.18. The Bertz CT molecular complexity index is 636. The van der Waals surface area contributed by atoms with E-state index in [0.29, 0.717) is 16.5 Å². The smallest absolute Gasteiger partial charge is 0.251 e. The minimum Gasteiger partial charge on any atom is -0.345 e. The molecule has 2 nitrogen and oxygen atoms in total. The van der Waals surface area contributed by atoms with Gasteiger partial charge in [0.1, 0.15) is 0 Å². The highest BCUT2D eigenvalue weighted by Crippen LogP contribution is 2.35. The number of nitrogens with one attached hydrogen (secondary N) is 1. The van der Waals surface area contributed by atoms with E-state index < -0.39 is 0 Å². The molecule has 0 bridgehead atoms. The molecule has 2 atom stereocenters. The summed E-state index contributed by atoms with van der Waals surface area (Å²) in [5, 5.41) is 3.78. The van der Waals surface area contributed by atoms with Gasteiger partial charge in [0.05, 0.1) is 6.04 Å². The maximum atomic E-state index is 12.3. The molecule has 20 heavy (non-hydrogen) atoms. The van der Waals surface area contributed by atoms with Gasteiger partial charge in [0, 0.05) is 10.6 Å². The molecule has 2 aromatic rings. The minimum absolute atomic E-state index is 0.0461. The molecule has 0 spiro atoms. The number of benzene rings is 2. The zero-order chi connectivity index (χ0) is 14.1. The van der Waals surface area contributed by atoms with E-state index in [-0.39, 0.29) is 11.9 Å². The number of amides is 1. The fourth-order valence-corrected chi connectivity index (χ4v) is 2.97. The molecule has 0 heterocycles. The molecule has 1 aliphatic rings. The molecule has 0 saturated heterocycles. The summed E-state index contributed by atoms with van der Waals surface area (Å²) in [4.78, 5) is 12.3. The van der Waals surface area contributed by atoms with Crippen molar-refractivity contribution >= 4 is 17.5 Å². The molecule has 3 heteroatoms. The molecule has 0 fully saturated rings. The zero-order valence-electron chi connectivity index (χ0n) is 11.3. The van der Waals surface area contributed by atoms with Gasteiger partial charge in [-0.2, -0.15) is 0 Å². The lowest BCUT2D eigenvalue weighted by molar-refractivity contribution is 0.0927. The van der Waals surface area contributed by atoms with Crippen molar-refractivity contribution in [2.24, 2.45) is 5.92 Å². The first kappa shape index (κ1) is 13.2. The third kappa shape index (κ3) is 2.44. The van der Waals surface area contributed by atoms with Crippen LogP contribution in [0, 0.1) is 5.92 Å². The number of carbonyl (C=O) groups excluding carboxylic acids is 1. The summed E-state index contributed by atoms with van der Waals surface area (Å²) in [5.41, 5.74) is 3.22. The number of hydrogen-bond donors (Lipinski definition) is 1. The van der Waals surface area contributed by atoms with Crippen LogP contribution in [0.4, 0.5) is 0 Å². The van der Waals surface area contributed by atoms with E-state index in [1.165, 1.54) is 11.1 Å². The van der Waals surface area contributed by atoms with Crippen LogP contribution in [0.25, 0.3) is 0 Å². The summed E-state index contributed by atoms with van der Waals surface area (Å²) < 4.78 is 0. The topological polar surface area (TPSA) is 29.1 Å². The standard InChI is InChI=1S/C17H16ClNO/c1-11-10-13-4-2-3-5-15(13)16(11)19-17(20)12-6-8-14(18)9-7-12/h2-9,11,16H,10H2,1H3,(H,19,20). The summed E-state index contributed by atoms with van der Waals surface area (Å²) >= 11 is 5.85.